The predicted molar refractivity (Wildman–Crippen MR) is 107 cm³/mol. The molecule has 0 saturated carbocycles. The van der Waals surface area contributed by atoms with E-state index in [2.05, 4.69) is 40.6 Å². The molecule has 2 aromatic carbocycles. The van der Waals surface area contributed by atoms with Crippen molar-refractivity contribution in [3.63, 3.8) is 0 Å². The maximum Gasteiger partial charge on any atom is 0.234 e. The van der Waals surface area contributed by atoms with Gasteiger partial charge >= 0.3 is 0 Å². The smallest absolute Gasteiger partial charge is 0.234 e. The number of nitrogens with zero attached hydrogens (tertiary/aromatic N) is 2. The van der Waals surface area contributed by atoms with Crippen LogP contribution in [-0.4, -0.2) is 21.9 Å². The Morgan fingerprint density at radius 1 is 0.885 bits per heavy atom. The van der Waals surface area contributed by atoms with E-state index in [-0.39, 0.29) is 5.91 Å². The Morgan fingerprint density at radius 3 is 2.19 bits per heavy atom. The average molecular weight is 363 g/mol. The average Bonchev–Trinajstić information content (AvgIpc) is 2.60. The lowest BCUT2D eigenvalue weighted by atomic mass is 10.1. The van der Waals surface area contributed by atoms with Crippen LogP contribution in [0.5, 0.6) is 0 Å². The fourth-order valence-corrected chi connectivity index (χ4v) is 3.27. The minimum absolute atomic E-state index is 0.0515. The number of hydrogen-bond acceptors (Lipinski definition) is 4. The van der Waals surface area contributed by atoms with E-state index in [0.29, 0.717) is 5.75 Å². The number of rotatable bonds is 5. The molecule has 0 saturated heterocycles. The number of hydrogen-bond donors (Lipinski definition) is 1. The van der Waals surface area contributed by atoms with E-state index in [1.54, 1.807) is 0 Å². The number of amides is 1. The highest BCUT2D eigenvalue weighted by molar-refractivity contribution is 7.99. The summed E-state index contributed by atoms with van der Waals surface area (Å²) in [5, 5.41) is 12.1. The molecule has 4 nitrogen and oxygen atoms in total. The molecule has 0 radical (unpaired) electrons. The van der Waals surface area contributed by atoms with Gasteiger partial charge in [0.1, 0.15) is 5.03 Å². The largest absolute Gasteiger partial charge is 0.325 e. The van der Waals surface area contributed by atoms with Gasteiger partial charge in [-0.1, -0.05) is 47.7 Å². The van der Waals surface area contributed by atoms with Crippen molar-refractivity contribution in [2.24, 2.45) is 0 Å². The molecule has 1 amide bonds. The summed E-state index contributed by atoms with van der Waals surface area (Å²) in [5.74, 6) is 0.246. The lowest BCUT2D eigenvalue weighted by Crippen LogP contribution is -2.14. The minimum Gasteiger partial charge on any atom is -0.325 e. The third-order valence-corrected chi connectivity index (χ3v) is 4.76. The summed E-state index contributed by atoms with van der Waals surface area (Å²) in [7, 11) is 0. The monoisotopic (exact) mass is 363 g/mol. The molecule has 0 atom stereocenters. The molecule has 3 rings (SSSR count). The number of carbonyl (C=O) groups is 1. The van der Waals surface area contributed by atoms with Gasteiger partial charge in [-0.25, -0.2) is 0 Å². The Morgan fingerprint density at radius 2 is 1.58 bits per heavy atom. The number of thioether (sulfide) groups is 1. The topological polar surface area (TPSA) is 54.9 Å². The van der Waals surface area contributed by atoms with Crippen molar-refractivity contribution in [3.8, 4) is 11.3 Å². The fourth-order valence-electron chi connectivity index (χ4n) is 2.66. The summed E-state index contributed by atoms with van der Waals surface area (Å²) < 4.78 is 0. The van der Waals surface area contributed by atoms with Crippen molar-refractivity contribution in [1.82, 2.24) is 10.2 Å². The van der Waals surface area contributed by atoms with Crippen LogP contribution in [0.1, 0.15) is 16.7 Å². The minimum atomic E-state index is -0.0515. The Labute approximate surface area is 158 Å². The Kier molecular flexibility index (Phi) is 5.68. The maximum absolute atomic E-state index is 12.1. The molecule has 0 fully saturated rings. The first-order valence-electron chi connectivity index (χ1n) is 8.41. The quantitative estimate of drug-likeness (QED) is 0.662. The van der Waals surface area contributed by atoms with E-state index in [4.69, 9.17) is 0 Å². The standard InChI is InChI=1S/C21H21N3OS/c1-14-4-6-17(7-5-14)19-8-9-21(24-23-19)26-13-20(25)22-18-11-15(2)10-16(3)12-18/h4-12H,13H2,1-3H3,(H,22,25). The summed E-state index contributed by atoms with van der Waals surface area (Å²) in [5.41, 5.74) is 6.16. The van der Waals surface area contributed by atoms with Gasteiger partial charge in [0.05, 0.1) is 11.4 Å². The van der Waals surface area contributed by atoms with Crippen molar-refractivity contribution >= 4 is 23.4 Å². The van der Waals surface area contributed by atoms with Gasteiger partial charge in [-0.3, -0.25) is 4.79 Å². The fraction of sp³-hybridized carbons (Fsp3) is 0.190. The Balaban J connectivity index is 1.57. The number of aromatic nitrogens is 2. The van der Waals surface area contributed by atoms with Gasteiger partial charge in [-0.05, 0) is 56.2 Å². The first-order valence-corrected chi connectivity index (χ1v) is 9.40. The zero-order valence-electron chi connectivity index (χ0n) is 15.1. The van der Waals surface area contributed by atoms with Crippen molar-refractivity contribution in [2.75, 3.05) is 11.1 Å². The lowest BCUT2D eigenvalue weighted by molar-refractivity contribution is -0.113. The van der Waals surface area contributed by atoms with Crippen LogP contribution < -0.4 is 5.32 Å². The molecule has 132 valence electrons. The second-order valence-corrected chi connectivity index (χ2v) is 7.33. The van der Waals surface area contributed by atoms with E-state index < -0.39 is 0 Å². The summed E-state index contributed by atoms with van der Waals surface area (Å²) >= 11 is 1.38. The summed E-state index contributed by atoms with van der Waals surface area (Å²) in [4.78, 5) is 12.1. The van der Waals surface area contributed by atoms with Crippen molar-refractivity contribution < 1.29 is 4.79 Å². The molecular formula is C21H21N3OS. The molecule has 5 heteroatoms. The second-order valence-electron chi connectivity index (χ2n) is 6.34. The Hall–Kier alpha value is -2.66. The van der Waals surface area contributed by atoms with Crippen molar-refractivity contribution in [2.45, 2.75) is 25.8 Å². The van der Waals surface area contributed by atoms with Gasteiger partial charge in [0, 0.05) is 11.3 Å². The van der Waals surface area contributed by atoms with Crippen LogP contribution in [0.2, 0.25) is 0 Å². The van der Waals surface area contributed by atoms with Gasteiger partial charge < -0.3 is 5.32 Å². The van der Waals surface area contributed by atoms with E-state index in [0.717, 1.165) is 33.1 Å². The molecule has 0 spiro atoms. The molecule has 1 N–H and O–H groups in total. The van der Waals surface area contributed by atoms with Gasteiger partial charge in [0.2, 0.25) is 5.91 Å². The molecule has 0 aliphatic heterocycles. The molecule has 0 aliphatic carbocycles. The molecule has 1 heterocycles. The maximum atomic E-state index is 12.1. The number of benzene rings is 2. The van der Waals surface area contributed by atoms with Gasteiger partial charge in [-0.2, -0.15) is 0 Å². The number of carbonyl (C=O) groups excluding carboxylic acids is 1. The molecular weight excluding hydrogens is 342 g/mol. The molecule has 0 unspecified atom stereocenters. The van der Waals surface area contributed by atoms with E-state index in [1.807, 2.05) is 50.2 Å². The van der Waals surface area contributed by atoms with Crippen LogP contribution in [0.3, 0.4) is 0 Å². The van der Waals surface area contributed by atoms with Crippen LogP contribution in [0.25, 0.3) is 11.3 Å². The SMILES string of the molecule is Cc1ccc(-c2ccc(SCC(=O)Nc3cc(C)cc(C)c3)nn2)cc1. The highest BCUT2D eigenvalue weighted by atomic mass is 32.2. The third-order valence-electron chi connectivity index (χ3n) is 3.84. The zero-order chi connectivity index (χ0) is 18.5. The first kappa shape index (κ1) is 18.1. The number of anilines is 1. The third kappa shape index (κ3) is 4.92. The second kappa shape index (κ2) is 8.15. The predicted octanol–water partition coefficient (Wildman–Crippen LogP) is 4.80. The van der Waals surface area contributed by atoms with Crippen LogP contribution in [0.15, 0.2) is 59.6 Å². The molecule has 3 aromatic rings. The van der Waals surface area contributed by atoms with Gasteiger partial charge in [0.15, 0.2) is 0 Å². The number of aryl methyl sites for hydroxylation is 3. The highest BCUT2D eigenvalue weighted by Gasteiger charge is 2.07. The van der Waals surface area contributed by atoms with E-state index >= 15 is 0 Å². The highest BCUT2D eigenvalue weighted by Crippen LogP contribution is 2.21. The van der Waals surface area contributed by atoms with Crippen LogP contribution in [0, 0.1) is 20.8 Å². The molecule has 26 heavy (non-hydrogen) atoms. The summed E-state index contributed by atoms with van der Waals surface area (Å²) in [6.07, 6.45) is 0. The number of nitrogens with one attached hydrogen (secondary N) is 1. The Bertz CT molecular complexity index is 885. The lowest BCUT2D eigenvalue weighted by Gasteiger charge is -2.07. The van der Waals surface area contributed by atoms with Gasteiger partial charge in [-0.15, -0.1) is 10.2 Å². The van der Waals surface area contributed by atoms with Crippen molar-refractivity contribution in [3.05, 3.63) is 71.3 Å². The molecule has 0 bridgehead atoms. The van der Waals surface area contributed by atoms with E-state index in [1.165, 1.54) is 17.3 Å². The molecule has 1 aromatic heterocycles. The molecule has 0 aliphatic rings. The summed E-state index contributed by atoms with van der Waals surface area (Å²) in [6, 6.07) is 18.0. The van der Waals surface area contributed by atoms with Crippen LogP contribution in [0.4, 0.5) is 5.69 Å². The summed E-state index contributed by atoms with van der Waals surface area (Å²) in [6.45, 7) is 6.09. The normalized spacial score (nSPS) is 10.6. The van der Waals surface area contributed by atoms with Crippen LogP contribution in [-0.2, 0) is 4.79 Å². The van der Waals surface area contributed by atoms with Crippen LogP contribution >= 0.6 is 11.8 Å². The van der Waals surface area contributed by atoms with Gasteiger partial charge in [0.25, 0.3) is 0 Å². The van der Waals surface area contributed by atoms with E-state index in [9.17, 15) is 4.79 Å². The first-order chi connectivity index (χ1) is 12.5. The van der Waals surface area contributed by atoms with Crippen molar-refractivity contribution in [1.29, 1.82) is 0 Å². The zero-order valence-corrected chi connectivity index (χ0v) is 15.9.